The summed E-state index contributed by atoms with van der Waals surface area (Å²) in [6.07, 6.45) is -2.43. The van der Waals surface area contributed by atoms with Gasteiger partial charge in [-0.2, -0.15) is 18.2 Å². The van der Waals surface area contributed by atoms with E-state index < -0.39 is 12.3 Å². The van der Waals surface area contributed by atoms with Crippen molar-refractivity contribution in [2.45, 2.75) is 43.6 Å². The van der Waals surface area contributed by atoms with Crippen LogP contribution < -0.4 is 10.2 Å². The number of piperidine rings is 1. The number of rotatable bonds is 3. The molecule has 10 heteroatoms. The highest BCUT2D eigenvalue weighted by Crippen LogP contribution is 2.39. The van der Waals surface area contributed by atoms with E-state index in [4.69, 9.17) is 4.42 Å². The summed E-state index contributed by atoms with van der Waals surface area (Å²) in [7, 11) is 0. The number of fused-ring (bicyclic) bond motifs is 3. The minimum Gasteiger partial charge on any atom is -0.423 e. The number of aliphatic hydroxyl groups excluding tert-OH is 1. The Labute approximate surface area is 168 Å². The van der Waals surface area contributed by atoms with E-state index >= 15 is 0 Å². The number of piperazine rings is 1. The van der Waals surface area contributed by atoms with Crippen LogP contribution in [0, 0.1) is 0 Å². The van der Waals surface area contributed by atoms with E-state index in [0.29, 0.717) is 34.3 Å². The van der Waals surface area contributed by atoms with Crippen molar-refractivity contribution in [3.8, 4) is 10.6 Å². The smallest absolute Gasteiger partial charge is 0.418 e. The summed E-state index contributed by atoms with van der Waals surface area (Å²) >= 11 is 1.29. The molecule has 0 radical (unpaired) electrons. The third-order valence-corrected chi connectivity index (χ3v) is 6.32. The zero-order chi connectivity index (χ0) is 20.2. The third-order valence-electron chi connectivity index (χ3n) is 5.52. The molecule has 1 aromatic carbocycles. The quantitative estimate of drug-likeness (QED) is 0.665. The SMILES string of the molecule is OC(c1cc(-c2nccs2)c2oc(N3CC4CCCC(C3)N4)nc2c1)C(F)(F)F. The van der Waals surface area contributed by atoms with Crippen molar-refractivity contribution in [3.05, 3.63) is 29.3 Å². The summed E-state index contributed by atoms with van der Waals surface area (Å²) in [6.45, 7) is 1.49. The number of alkyl halides is 3. The van der Waals surface area contributed by atoms with Crippen molar-refractivity contribution in [2.75, 3.05) is 18.0 Å². The van der Waals surface area contributed by atoms with E-state index in [1.807, 2.05) is 0 Å². The van der Waals surface area contributed by atoms with Crippen LogP contribution in [0.5, 0.6) is 0 Å². The summed E-state index contributed by atoms with van der Waals surface area (Å²) < 4.78 is 45.4. The lowest BCUT2D eigenvalue weighted by Crippen LogP contribution is -2.58. The average molecular weight is 424 g/mol. The lowest BCUT2D eigenvalue weighted by Gasteiger charge is -2.41. The summed E-state index contributed by atoms with van der Waals surface area (Å²) in [4.78, 5) is 10.8. The first-order chi connectivity index (χ1) is 13.9. The van der Waals surface area contributed by atoms with Crippen LogP contribution in [0.3, 0.4) is 0 Å². The number of hydrogen-bond acceptors (Lipinski definition) is 7. The normalized spacial score (nSPS) is 23.5. The van der Waals surface area contributed by atoms with Gasteiger partial charge in [0, 0.05) is 36.8 Å². The number of halogens is 3. The Kier molecular flexibility index (Phi) is 4.52. The molecule has 0 saturated carbocycles. The first-order valence-electron chi connectivity index (χ1n) is 9.48. The number of nitrogens with one attached hydrogen (secondary N) is 1. The van der Waals surface area contributed by atoms with Gasteiger partial charge in [0.15, 0.2) is 11.7 Å². The predicted molar refractivity (Wildman–Crippen MR) is 103 cm³/mol. The van der Waals surface area contributed by atoms with E-state index in [1.54, 1.807) is 11.6 Å². The Morgan fingerprint density at radius 3 is 2.66 bits per heavy atom. The molecule has 3 atom stereocenters. The molecule has 2 aliphatic heterocycles. The topological polar surface area (TPSA) is 74.4 Å². The Morgan fingerprint density at radius 1 is 1.24 bits per heavy atom. The van der Waals surface area contributed by atoms with Gasteiger partial charge in [-0.05, 0) is 30.5 Å². The molecule has 0 aliphatic carbocycles. The standard InChI is InChI=1S/C19H19F3N4O2S/c20-19(21,22)16(27)10-6-13(17-23-4-5-29-17)15-14(7-10)25-18(28-15)26-8-11-2-1-3-12(9-26)24-11/h4-7,11-12,16,24,27H,1-3,8-9H2. The van der Waals surface area contributed by atoms with Crippen molar-refractivity contribution < 1.29 is 22.7 Å². The summed E-state index contributed by atoms with van der Waals surface area (Å²) in [5.74, 6) is 0. The molecule has 0 amide bonds. The molecule has 2 saturated heterocycles. The van der Waals surface area contributed by atoms with Gasteiger partial charge < -0.3 is 19.7 Å². The third kappa shape index (κ3) is 3.49. The van der Waals surface area contributed by atoms with Crippen molar-refractivity contribution in [3.63, 3.8) is 0 Å². The fourth-order valence-electron chi connectivity index (χ4n) is 4.20. The molecule has 5 rings (SSSR count). The number of aliphatic hydroxyl groups is 1. The van der Waals surface area contributed by atoms with E-state index in [2.05, 4.69) is 20.2 Å². The Bertz CT molecular complexity index is 1010. The molecule has 29 heavy (non-hydrogen) atoms. The lowest BCUT2D eigenvalue weighted by molar-refractivity contribution is -0.206. The molecule has 2 aliphatic rings. The van der Waals surface area contributed by atoms with Gasteiger partial charge >= 0.3 is 6.18 Å². The molecule has 2 aromatic heterocycles. The number of thiazole rings is 1. The molecule has 6 nitrogen and oxygen atoms in total. The number of hydrogen-bond donors (Lipinski definition) is 2. The van der Waals surface area contributed by atoms with Gasteiger partial charge in [0.1, 0.15) is 10.5 Å². The van der Waals surface area contributed by atoms with Crippen molar-refractivity contribution in [1.29, 1.82) is 0 Å². The van der Waals surface area contributed by atoms with Gasteiger partial charge in [-0.3, -0.25) is 0 Å². The van der Waals surface area contributed by atoms with Crippen molar-refractivity contribution >= 4 is 28.5 Å². The van der Waals surface area contributed by atoms with E-state index in [-0.39, 0.29) is 11.1 Å². The lowest BCUT2D eigenvalue weighted by atomic mass is 9.94. The molecule has 3 aromatic rings. The highest BCUT2D eigenvalue weighted by molar-refractivity contribution is 7.13. The van der Waals surface area contributed by atoms with Crippen LogP contribution in [-0.2, 0) is 0 Å². The molecular formula is C19H19F3N4O2S. The second-order valence-electron chi connectivity index (χ2n) is 7.59. The van der Waals surface area contributed by atoms with E-state index in [1.165, 1.54) is 29.9 Å². The number of oxazole rings is 1. The highest BCUT2D eigenvalue weighted by atomic mass is 32.1. The van der Waals surface area contributed by atoms with Gasteiger partial charge in [-0.25, -0.2) is 4.98 Å². The number of aromatic nitrogens is 2. The highest BCUT2D eigenvalue weighted by Gasteiger charge is 2.40. The fourth-order valence-corrected chi connectivity index (χ4v) is 4.85. The van der Waals surface area contributed by atoms with Crippen LogP contribution in [0.1, 0.15) is 30.9 Å². The molecule has 154 valence electrons. The maximum Gasteiger partial charge on any atom is 0.418 e. The van der Waals surface area contributed by atoms with E-state index in [0.717, 1.165) is 25.9 Å². The number of anilines is 1. The van der Waals surface area contributed by atoms with Gasteiger partial charge in [0.2, 0.25) is 0 Å². The second-order valence-corrected chi connectivity index (χ2v) is 8.49. The molecule has 4 heterocycles. The molecule has 2 N–H and O–H groups in total. The maximum absolute atomic E-state index is 13.1. The molecule has 2 fully saturated rings. The van der Waals surface area contributed by atoms with Crippen molar-refractivity contribution in [2.24, 2.45) is 0 Å². The van der Waals surface area contributed by atoms with Crippen LogP contribution in [0.25, 0.3) is 21.7 Å². The van der Waals surface area contributed by atoms with Gasteiger partial charge in [0.05, 0.1) is 5.56 Å². The molecule has 3 unspecified atom stereocenters. The van der Waals surface area contributed by atoms with Gasteiger partial charge in [-0.15, -0.1) is 11.3 Å². The fraction of sp³-hybridized carbons (Fsp3) is 0.474. The Balaban J connectivity index is 1.59. The summed E-state index contributed by atoms with van der Waals surface area (Å²) in [5, 5.41) is 15.6. The van der Waals surface area contributed by atoms with Gasteiger partial charge in [-0.1, -0.05) is 6.42 Å². The van der Waals surface area contributed by atoms with Crippen LogP contribution in [-0.4, -0.2) is 46.4 Å². The Hall–Kier alpha value is -2.17. The van der Waals surface area contributed by atoms with Crippen LogP contribution in [0.15, 0.2) is 28.1 Å². The molecule has 2 bridgehead atoms. The first kappa shape index (κ1) is 18.8. The van der Waals surface area contributed by atoms with Crippen LogP contribution in [0.4, 0.5) is 19.2 Å². The Morgan fingerprint density at radius 2 is 2.00 bits per heavy atom. The monoisotopic (exact) mass is 424 g/mol. The van der Waals surface area contributed by atoms with Crippen LogP contribution in [0.2, 0.25) is 0 Å². The minimum atomic E-state index is -4.77. The maximum atomic E-state index is 13.1. The summed E-state index contributed by atoms with van der Waals surface area (Å²) in [6, 6.07) is 3.66. The first-order valence-corrected chi connectivity index (χ1v) is 10.4. The number of nitrogens with zero attached hydrogens (tertiary/aromatic N) is 3. The van der Waals surface area contributed by atoms with Crippen molar-refractivity contribution in [1.82, 2.24) is 15.3 Å². The molecule has 0 spiro atoms. The zero-order valence-electron chi connectivity index (χ0n) is 15.3. The van der Waals surface area contributed by atoms with Crippen LogP contribution >= 0.6 is 11.3 Å². The largest absolute Gasteiger partial charge is 0.423 e. The van der Waals surface area contributed by atoms with Gasteiger partial charge in [0.25, 0.3) is 6.01 Å². The predicted octanol–water partition coefficient (Wildman–Crippen LogP) is 3.88. The minimum absolute atomic E-state index is 0.271. The zero-order valence-corrected chi connectivity index (χ0v) is 16.1. The second kappa shape index (κ2) is 6.96. The number of benzene rings is 1. The molecular weight excluding hydrogens is 405 g/mol. The average Bonchev–Trinajstić information content (AvgIpc) is 3.35. The summed E-state index contributed by atoms with van der Waals surface area (Å²) in [5.41, 5.74) is 0.809. The van der Waals surface area contributed by atoms with E-state index in [9.17, 15) is 18.3 Å².